The summed E-state index contributed by atoms with van der Waals surface area (Å²) in [4.78, 5) is 22.3. The van der Waals surface area contributed by atoms with Crippen LogP contribution in [0.1, 0.15) is 13.8 Å². The highest BCUT2D eigenvalue weighted by atomic mass is 16.5. The zero-order valence-corrected chi connectivity index (χ0v) is 30.4. The average Bonchev–Trinajstić information content (AvgIpc) is 3.73. The fourth-order valence-electron chi connectivity index (χ4n) is 7.35. The van der Waals surface area contributed by atoms with Crippen molar-refractivity contribution >= 4 is 43.6 Å². The number of benzene rings is 5. The summed E-state index contributed by atoms with van der Waals surface area (Å²) in [5.41, 5.74) is 4.73. The van der Waals surface area contributed by atoms with Crippen molar-refractivity contribution in [2.75, 3.05) is 0 Å². The SMILES string of the molecule is CC(C)Oc1ccnc(-n2c3ccccc3c3ccc(Oc4cc(Oc5ccc6c7ccccc7n(-c7ccccn7)c6c5)cc(-c5ncncn5)c4)cc32)c1. The summed E-state index contributed by atoms with van der Waals surface area (Å²) in [5.74, 6) is 5.21. The topological polar surface area (TPSA) is 102 Å². The Labute approximate surface area is 321 Å². The number of pyridine rings is 2. The second-order valence-electron chi connectivity index (χ2n) is 13.6. The molecule has 0 aliphatic rings. The van der Waals surface area contributed by atoms with E-state index in [1.807, 2.05) is 105 Å². The molecule has 0 saturated heterocycles. The predicted octanol–water partition coefficient (Wildman–Crippen LogP) is 10.9. The second-order valence-corrected chi connectivity index (χ2v) is 13.6. The minimum absolute atomic E-state index is 0.0340. The smallest absolute Gasteiger partial charge is 0.162 e. The van der Waals surface area contributed by atoms with Crippen molar-refractivity contribution in [1.29, 1.82) is 0 Å². The zero-order valence-electron chi connectivity index (χ0n) is 30.4. The van der Waals surface area contributed by atoms with Gasteiger partial charge in [-0.3, -0.25) is 9.13 Å². The lowest BCUT2D eigenvalue weighted by molar-refractivity contribution is 0.242. The predicted molar refractivity (Wildman–Crippen MR) is 218 cm³/mol. The molecule has 10 rings (SSSR count). The number of aromatic nitrogens is 7. The first-order chi connectivity index (χ1) is 27.6. The molecule has 270 valence electrons. The lowest BCUT2D eigenvalue weighted by Crippen LogP contribution is -2.06. The molecule has 56 heavy (non-hydrogen) atoms. The number of hydrogen-bond donors (Lipinski definition) is 0. The molecule has 5 aromatic carbocycles. The highest BCUT2D eigenvalue weighted by Crippen LogP contribution is 2.39. The second kappa shape index (κ2) is 13.7. The Bertz CT molecular complexity index is 3050. The van der Waals surface area contributed by atoms with Crippen molar-refractivity contribution in [3.8, 4) is 51.8 Å². The molecular formula is C46H33N7O3. The van der Waals surface area contributed by atoms with E-state index in [9.17, 15) is 0 Å². The number of rotatable bonds is 9. The first-order valence-corrected chi connectivity index (χ1v) is 18.3. The fourth-order valence-corrected chi connectivity index (χ4v) is 7.35. The summed E-state index contributed by atoms with van der Waals surface area (Å²) >= 11 is 0. The summed E-state index contributed by atoms with van der Waals surface area (Å²) in [6, 6.07) is 44.3. The number of fused-ring (bicyclic) bond motifs is 6. The van der Waals surface area contributed by atoms with Gasteiger partial charge < -0.3 is 14.2 Å². The summed E-state index contributed by atoms with van der Waals surface area (Å²) in [5, 5.41) is 4.42. The van der Waals surface area contributed by atoms with Crippen molar-refractivity contribution in [1.82, 2.24) is 34.1 Å². The highest BCUT2D eigenvalue weighted by Gasteiger charge is 2.17. The van der Waals surface area contributed by atoms with Gasteiger partial charge in [0.05, 0.1) is 28.2 Å². The number of ether oxygens (including phenoxy) is 3. The molecule has 0 aliphatic heterocycles. The van der Waals surface area contributed by atoms with E-state index in [2.05, 4.69) is 71.5 Å². The highest BCUT2D eigenvalue weighted by molar-refractivity contribution is 6.10. The van der Waals surface area contributed by atoms with Crippen LogP contribution < -0.4 is 14.2 Å². The molecule has 0 spiro atoms. The van der Waals surface area contributed by atoms with E-state index >= 15 is 0 Å². The molecule has 10 nitrogen and oxygen atoms in total. The van der Waals surface area contributed by atoms with Crippen molar-refractivity contribution in [3.05, 3.63) is 159 Å². The molecule has 0 aliphatic carbocycles. The normalized spacial score (nSPS) is 11.6. The van der Waals surface area contributed by atoms with Gasteiger partial charge in [0.25, 0.3) is 0 Å². The molecule has 0 unspecified atom stereocenters. The minimum atomic E-state index is 0.0340. The third-order valence-electron chi connectivity index (χ3n) is 9.59. The van der Waals surface area contributed by atoms with Gasteiger partial charge in [-0.05, 0) is 80.6 Å². The van der Waals surface area contributed by atoms with Crippen LogP contribution in [0.25, 0.3) is 66.6 Å². The van der Waals surface area contributed by atoms with Gasteiger partial charge in [0, 0.05) is 63.8 Å². The van der Waals surface area contributed by atoms with Crippen molar-refractivity contribution in [3.63, 3.8) is 0 Å². The lowest BCUT2D eigenvalue weighted by Gasteiger charge is -2.14. The molecule has 0 N–H and O–H groups in total. The van der Waals surface area contributed by atoms with Gasteiger partial charge in [0.15, 0.2) is 5.82 Å². The fraction of sp³-hybridized carbons (Fsp3) is 0.0652. The zero-order chi connectivity index (χ0) is 37.6. The Hall–Kier alpha value is -7.59. The maximum Gasteiger partial charge on any atom is 0.162 e. The van der Waals surface area contributed by atoms with Gasteiger partial charge in [-0.2, -0.15) is 0 Å². The Morgan fingerprint density at radius 3 is 1.62 bits per heavy atom. The van der Waals surface area contributed by atoms with Gasteiger partial charge in [-0.15, -0.1) is 0 Å². The largest absolute Gasteiger partial charge is 0.491 e. The van der Waals surface area contributed by atoms with E-state index in [1.54, 1.807) is 12.4 Å². The average molecular weight is 732 g/mol. The molecule has 0 amide bonds. The van der Waals surface area contributed by atoms with Gasteiger partial charge >= 0.3 is 0 Å². The van der Waals surface area contributed by atoms with Crippen molar-refractivity contribution in [2.24, 2.45) is 0 Å². The number of hydrogen-bond acceptors (Lipinski definition) is 8. The third kappa shape index (κ3) is 5.99. The summed E-state index contributed by atoms with van der Waals surface area (Å²) < 4.78 is 23.6. The Morgan fingerprint density at radius 2 is 1.02 bits per heavy atom. The van der Waals surface area contributed by atoms with Crippen LogP contribution in [-0.2, 0) is 0 Å². The van der Waals surface area contributed by atoms with E-state index in [4.69, 9.17) is 19.2 Å². The lowest BCUT2D eigenvalue weighted by atomic mass is 10.1. The van der Waals surface area contributed by atoms with Crippen LogP contribution >= 0.6 is 0 Å². The van der Waals surface area contributed by atoms with Gasteiger partial charge in [0.2, 0.25) is 0 Å². The number of nitrogens with zero attached hydrogens (tertiary/aromatic N) is 7. The van der Waals surface area contributed by atoms with Crippen LogP contribution in [0.15, 0.2) is 159 Å². The summed E-state index contributed by atoms with van der Waals surface area (Å²) in [7, 11) is 0. The van der Waals surface area contributed by atoms with E-state index in [-0.39, 0.29) is 6.10 Å². The molecule has 0 fully saturated rings. The Morgan fingerprint density at radius 1 is 0.446 bits per heavy atom. The number of para-hydroxylation sites is 2. The summed E-state index contributed by atoms with van der Waals surface area (Å²) in [6.07, 6.45) is 6.56. The maximum atomic E-state index is 6.66. The first-order valence-electron chi connectivity index (χ1n) is 18.3. The monoisotopic (exact) mass is 731 g/mol. The molecule has 0 atom stereocenters. The van der Waals surface area contributed by atoms with Crippen LogP contribution in [0.2, 0.25) is 0 Å². The third-order valence-corrected chi connectivity index (χ3v) is 9.59. The van der Waals surface area contributed by atoms with Crippen molar-refractivity contribution < 1.29 is 14.2 Å². The molecule has 10 aromatic rings. The van der Waals surface area contributed by atoms with E-state index < -0.39 is 0 Å². The van der Waals surface area contributed by atoms with Crippen molar-refractivity contribution in [2.45, 2.75) is 20.0 Å². The standard InChI is InChI=1S/C46H33N7O3/c1-29(2)54-33-18-20-49-45(26-33)53-41-12-6-4-10-37(41)39-17-15-32(25-43(39)53)56-35-22-30(46-50-27-47-28-51-46)21-34(23-35)55-31-14-16-38-36-9-3-5-11-40(36)52(42(38)24-31)44-13-7-8-19-48-44/h3-29H,1-2H3. The van der Waals surface area contributed by atoms with E-state index in [1.165, 1.54) is 12.7 Å². The van der Waals surface area contributed by atoms with E-state index in [0.717, 1.165) is 61.0 Å². The molecule has 0 radical (unpaired) electrons. The quantitative estimate of drug-likeness (QED) is 0.145. The maximum absolute atomic E-state index is 6.66. The first kappa shape index (κ1) is 33.0. The van der Waals surface area contributed by atoms with Gasteiger partial charge in [0.1, 0.15) is 53.0 Å². The van der Waals surface area contributed by atoms with Gasteiger partial charge in [-0.25, -0.2) is 24.9 Å². The Kier molecular flexibility index (Phi) is 8.06. The minimum Gasteiger partial charge on any atom is -0.491 e. The molecule has 5 heterocycles. The molecule has 0 saturated carbocycles. The molecule has 10 heteroatoms. The molecule has 0 bridgehead atoms. The van der Waals surface area contributed by atoms with Crippen LogP contribution in [0.3, 0.4) is 0 Å². The van der Waals surface area contributed by atoms with E-state index in [0.29, 0.717) is 34.4 Å². The van der Waals surface area contributed by atoms with Gasteiger partial charge in [-0.1, -0.05) is 42.5 Å². The van der Waals surface area contributed by atoms with Crippen LogP contribution in [0.4, 0.5) is 0 Å². The Balaban J connectivity index is 1.06. The molecular weight excluding hydrogens is 699 g/mol. The molecule has 5 aromatic heterocycles. The van der Waals surface area contributed by atoms with Crippen LogP contribution in [0.5, 0.6) is 28.7 Å². The van der Waals surface area contributed by atoms with Crippen LogP contribution in [-0.4, -0.2) is 40.2 Å². The van der Waals surface area contributed by atoms with Crippen LogP contribution in [0, 0.1) is 0 Å². The summed E-state index contributed by atoms with van der Waals surface area (Å²) in [6.45, 7) is 4.02.